The van der Waals surface area contributed by atoms with Crippen molar-refractivity contribution in [2.45, 2.75) is 6.42 Å². The number of aromatic nitrogens is 2. The molecule has 1 N–H and O–H groups in total. The lowest BCUT2D eigenvalue weighted by Crippen LogP contribution is -2.27. The minimum Gasteiger partial charge on any atom is -0.380 e. The van der Waals surface area contributed by atoms with Crippen LogP contribution in [0, 0.1) is 0 Å². The van der Waals surface area contributed by atoms with Gasteiger partial charge in [-0.3, -0.25) is 4.98 Å². The molecule has 5 heteroatoms. The summed E-state index contributed by atoms with van der Waals surface area (Å²) in [4.78, 5) is 10.8. The molecule has 0 saturated carbocycles. The van der Waals surface area contributed by atoms with Crippen LogP contribution in [0.15, 0.2) is 12.4 Å². The molecule has 0 bridgehead atoms. The second-order valence-corrected chi connectivity index (χ2v) is 3.47. The second kappa shape index (κ2) is 4.93. The molecular formula is C10H16N4O. The van der Waals surface area contributed by atoms with E-state index in [0.29, 0.717) is 0 Å². The maximum atomic E-state index is 5.40. The summed E-state index contributed by atoms with van der Waals surface area (Å²) >= 11 is 0. The number of anilines is 2. The zero-order valence-electron chi connectivity index (χ0n) is 8.94. The first kappa shape index (κ1) is 10.2. The topological polar surface area (TPSA) is 50.3 Å². The second-order valence-electron chi connectivity index (χ2n) is 3.47. The van der Waals surface area contributed by atoms with E-state index in [2.05, 4.69) is 20.2 Å². The minimum atomic E-state index is 0.769. The molecule has 1 aromatic rings. The predicted octanol–water partition coefficient (Wildman–Crippen LogP) is 0.745. The van der Waals surface area contributed by atoms with E-state index in [0.717, 1.165) is 44.4 Å². The Labute approximate surface area is 89.5 Å². The van der Waals surface area contributed by atoms with Crippen molar-refractivity contribution < 1.29 is 4.74 Å². The smallest absolute Gasteiger partial charge is 0.149 e. The highest BCUT2D eigenvalue weighted by Crippen LogP contribution is 2.13. The SMILES string of the molecule is CNc1cncc(N2CCCOCC2)n1. The standard InChI is InChI=1S/C10H16N4O/c1-11-9-7-12-8-10(13-9)14-3-2-5-15-6-4-14/h7-8H,2-6H2,1H3,(H,11,13). The van der Waals surface area contributed by atoms with Gasteiger partial charge >= 0.3 is 0 Å². The summed E-state index contributed by atoms with van der Waals surface area (Å²) in [5, 5.41) is 2.99. The molecule has 1 fully saturated rings. The van der Waals surface area contributed by atoms with Gasteiger partial charge in [0.25, 0.3) is 0 Å². The number of hydrogen-bond donors (Lipinski definition) is 1. The van der Waals surface area contributed by atoms with E-state index < -0.39 is 0 Å². The normalized spacial score (nSPS) is 17.3. The average molecular weight is 208 g/mol. The van der Waals surface area contributed by atoms with Crippen LogP contribution in [-0.2, 0) is 4.74 Å². The highest BCUT2D eigenvalue weighted by molar-refractivity contribution is 5.43. The van der Waals surface area contributed by atoms with E-state index in [1.165, 1.54) is 0 Å². The molecule has 1 saturated heterocycles. The van der Waals surface area contributed by atoms with Gasteiger partial charge in [-0.25, -0.2) is 4.98 Å². The van der Waals surface area contributed by atoms with Crippen molar-refractivity contribution in [3.05, 3.63) is 12.4 Å². The van der Waals surface area contributed by atoms with E-state index in [9.17, 15) is 0 Å². The van der Waals surface area contributed by atoms with E-state index >= 15 is 0 Å². The summed E-state index contributed by atoms with van der Waals surface area (Å²) in [5.74, 6) is 1.73. The maximum absolute atomic E-state index is 5.40. The molecule has 1 aliphatic rings. The van der Waals surface area contributed by atoms with Crippen molar-refractivity contribution in [2.24, 2.45) is 0 Å². The molecule has 2 rings (SSSR count). The Bertz CT molecular complexity index is 310. The summed E-state index contributed by atoms with van der Waals surface area (Å²) in [7, 11) is 1.85. The molecule has 2 heterocycles. The van der Waals surface area contributed by atoms with E-state index in [1.807, 2.05) is 7.05 Å². The van der Waals surface area contributed by atoms with Crippen LogP contribution < -0.4 is 10.2 Å². The molecule has 1 aliphatic heterocycles. The van der Waals surface area contributed by atoms with Gasteiger partial charge in [0.1, 0.15) is 11.6 Å². The van der Waals surface area contributed by atoms with Crippen molar-refractivity contribution >= 4 is 11.6 Å². The highest BCUT2D eigenvalue weighted by Gasteiger charge is 2.11. The lowest BCUT2D eigenvalue weighted by atomic mass is 10.4. The summed E-state index contributed by atoms with van der Waals surface area (Å²) < 4.78 is 5.40. The minimum absolute atomic E-state index is 0.769. The quantitative estimate of drug-likeness (QED) is 0.777. The molecule has 15 heavy (non-hydrogen) atoms. The number of rotatable bonds is 2. The van der Waals surface area contributed by atoms with Gasteiger partial charge in [0.05, 0.1) is 19.0 Å². The van der Waals surface area contributed by atoms with Crippen molar-refractivity contribution in [2.75, 3.05) is 43.6 Å². The number of hydrogen-bond acceptors (Lipinski definition) is 5. The fourth-order valence-electron chi connectivity index (χ4n) is 1.60. The first-order chi connectivity index (χ1) is 7.40. The first-order valence-electron chi connectivity index (χ1n) is 5.22. The summed E-state index contributed by atoms with van der Waals surface area (Å²) in [5.41, 5.74) is 0. The Balaban J connectivity index is 2.12. The van der Waals surface area contributed by atoms with Gasteiger partial charge in [-0.2, -0.15) is 0 Å². The van der Waals surface area contributed by atoms with Gasteiger partial charge in [-0.05, 0) is 6.42 Å². The Morgan fingerprint density at radius 2 is 2.27 bits per heavy atom. The van der Waals surface area contributed by atoms with E-state index in [4.69, 9.17) is 4.74 Å². The molecule has 1 aromatic heterocycles. The average Bonchev–Trinajstić information content (AvgIpc) is 2.58. The molecule has 0 unspecified atom stereocenters. The first-order valence-corrected chi connectivity index (χ1v) is 5.22. The molecule has 0 aromatic carbocycles. The third kappa shape index (κ3) is 2.56. The highest BCUT2D eigenvalue weighted by atomic mass is 16.5. The lowest BCUT2D eigenvalue weighted by molar-refractivity contribution is 0.152. The number of ether oxygens (including phenoxy) is 1. The summed E-state index contributed by atoms with van der Waals surface area (Å²) in [6.07, 6.45) is 4.56. The molecule has 82 valence electrons. The fraction of sp³-hybridized carbons (Fsp3) is 0.600. The predicted molar refractivity (Wildman–Crippen MR) is 59.2 cm³/mol. The Morgan fingerprint density at radius 1 is 1.33 bits per heavy atom. The van der Waals surface area contributed by atoms with Crippen LogP contribution in [0.25, 0.3) is 0 Å². The molecule has 0 spiro atoms. The van der Waals surface area contributed by atoms with Crippen molar-refractivity contribution in [1.29, 1.82) is 0 Å². The van der Waals surface area contributed by atoms with Crippen LogP contribution in [0.5, 0.6) is 0 Å². The van der Waals surface area contributed by atoms with Gasteiger partial charge in [0.2, 0.25) is 0 Å². The third-order valence-electron chi connectivity index (χ3n) is 2.42. The van der Waals surface area contributed by atoms with Crippen LogP contribution >= 0.6 is 0 Å². The summed E-state index contributed by atoms with van der Waals surface area (Å²) in [6, 6.07) is 0. The molecule has 0 atom stereocenters. The van der Waals surface area contributed by atoms with Gasteiger partial charge in [-0.1, -0.05) is 0 Å². The van der Waals surface area contributed by atoms with Gasteiger partial charge in [0.15, 0.2) is 0 Å². The monoisotopic (exact) mass is 208 g/mol. The number of nitrogens with one attached hydrogen (secondary N) is 1. The van der Waals surface area contributed by atoms with Crippen LogP contribution in [0.4, 0.5) is 11.6 Å². The Hall–Kier alpha value is -1.36. The maximum Gasteiger partial charge on any atom is 0.149 e. The van der Waals surface area contributed by atoms with Crippen LogP contribution in [0.1, 0.15) is 6.42 Å². The third-order valence-corrected chi connectivity index (χ3v) is 2.42. The lowest BCUT2D eigenvalue weighted by Gasteiger charge is -2.20. The molecule has 0 amide bonds. The molecule has 0 radical (unpaired) electrons. The number of nitrogens with zero attached hydrogens (tertiary/aromatic N) is 3. The van der Waals surface area contributed by atoms with Gasteiger partial charge in [-0.15, -0.1) is 0 Å². The van der Waals surface area contributed by atoms with Crippen molar-refractivity contribution in [3.8, 4) is 0 Å². The van der Waals surface area contributed by atoms with E-state index in [-0.39, 0.29) is 0 Å². The largest absolute Gasteiger partial charge is 0.380 e. The van der Waals surface area contributed by atoms with Crippen LogP contribution in [0.3, 0.4) is 0 Å². The zero-order chi connectivity index (χ0) is 10.5. The Morgan fingerprint density at radius 3 is 3.13 bits per heavy atom. The molecule has 5 nitrogen and oxygen atoms in total. The molecular weight excluding hydrogens is 192 g/mol. The summed E-state index contributed by atoms with van der Waals surface area (Å²) in [6.45, 7) is 3.49. The fourth-order valence-corrected chi connectivity index (χ4v) is 1.60. The van der Waals surface area contributed by atoms with Gasteiger partial charge in [0, 0.05) is 26.7 Å². The zero-order valence-corrected chi connectivity index (χ0v) is 8.94. The van der Waals surface area contributed by atoms with Gasteiger partial charge < -0.3 is 15.0 Å². The van der Waals surface area contributed by atoms with E-state index in [1.54, 1.807) is 12.4 Å². The van der Waals surface area contributed by atoms with Crippen LogP contribution in [0.2, 0.25) is 0 Å². The van der Waals surface area contributed by atoms with Crippen molar-refractivity contribution in [3.63, 3.8) is 0 Å². The molecule has 0 aliphatic carbocycles. The van der Waals surface area contributed by atoms with Crippen LogP contribution in [-0.4, -0.2) is 43.3 Å². The Kier molecular flexibility index (Phi) is 3.34. The van der Waals surface area contributed by atoms with Crippen molar-refractivity contribution in [1.82, 2.24) is 9.97 Å².